The molecule has 0 saturated carbocycles. The van der Waals surface area contributed by atoms with E-state index in [2.05, 4.69) is 15.0 Å². The number of para-hydroxylation sites is 1. The molecule has 16 heavy (non-hydrogen) atoms. The summed E-state index contributed by atoms with van der Waals surface area (Å²) in [5, 5.41) is 2.89. The molecule has 0 saturated heterocycles. The minimum Gasteiger partial charge on any atom is -0.434 e. The standard InChI is InChI=1S/C10H11F2N3O/c11-9(12)16-8-4-2-1-3-6(8)7-5-14-10(13)15-7/h1-4,7,9H,5H2,(H3,13,14,15). The second kappa shape index (κ2) is 4.34. The maximum absolute atomic E-state index is 12.2. The van der Waals surface area contributed by atoms with E-state index in [1.54, 1.807) is 18.2 Å². The number of nitrogens with one attached hydrogen (secondary N) is 1. The molecule has 0 aliphatic carbocycles. The van der Waals surface area contributed by atoms with E-state index in [-0.39, 0.29) is 11.8 Å². The molecule has 0 radical (unpaired) electrons. The summed E-state index contributed by atoms with van der Waals surface area (Å²) in [6, 6.07) is 6.40. The highest BCUT2D eigenvalue weighted by Crippen LogP contribution is 2.27. The van der Waals surface area contributed by atoms with Gasteiger partial charge in [-0.15, -0.1) is 0 Å². The number of halogens is 2. The van der Waals surface area contributed by atoms with Crippen LogP contribution in [0.5, 0.6) is 5.75 Å². The summed E-state index contributed by atoms with van der Waals surface area (Å²) in [5.41, 5.74) is 6.10. The van der Waals surface area contributed by atoms with Gasteiger partial charge in [0.2, 0.25) is 0 Å². The van der Waals surface area contributed by atoms with Gasteiger partial charge in [0.15, 0.2) is 5.96 Å². The first-order valence-corrected chi connectivity index (χ1v) is 4.77. The van der Waals surface area contributed by atoms with Crippen molar-refractivity contribution >= 4 is 5.96 Å². The van der Waals surface area contributed by atoms with E-state index in [4.69, 9.17) is 5.73 Å². The lowest BCUT2D eigenvalue weighted by Gasteiger charge is -2.15. The highest BCUT2D eigenvalue weighted by Gasteiger charge is 2.21. The fraction of sp³-hybridized carbons (Fsp3) is 0.300. The zero-order chi connectivity index (χ0) is 11.5. The van der Waals surface area contributed by atoms with Crippen molar-refractivity contribution in [1.82, 2.24) is 5.32 Å². The summed E-state index contributed by atoms with van der Waals surface area (Å²) >= 11 is 0. The number of benzene rings is 1. The van der Waals surface area contributed by atoms with Gasteiger partial charge in [-0.2, -0.15) is 8.78 Å². The van der Waals surface area contributed by atoms with Crippen LogP contribution >= 0.6 is 0 Å². The smallest absolute Gasteiger partial charge is 0.387 e. The number of guanidine groups is 1. The number of nitrogens with two attached hydrogens (primary N) is 1. The topological polar surface area (TPSA) is 59.6 Å². The van der Waals surface area contributed by atoms with Crippen LogP contribution in [-0.2, 0) is 0 Å². The fourth-order valence-corrected chi connectivity index (χ4v) is 1.61. The monoisotopic (exact) mass is 227 g/mol. The predicted octanol–water partition coefficient (Wildman–Crippen LogP) is 1.25. The van der Waals surface area contributed by atoms with E-state index in [0.29, 0.717) is 18.1 Å². The van der Waals surface area contributed by atoms with Crippen molar-refractivity contribution in [3.05, 3.63) is 29.8 Å². The number of hydrogen-bond acceptors (Lipinski definition) is 4. The Kier molecular flexibility index (Phi) is 2.89. The third-order valence-electron chi connectivity index (χ3n) is 2.28. The molecule has 3 N–H and O–H groups in total. The highest BCUT2D eigenvalue weighted by molar-refractivity contribution is 5.80. The van der Waals surface area contributed by atoms with Crippen molar-refractivity contribution in [2.75, 3.05) is 6.54 Å². The molecule has 1 aliphatic rings. The first-order valence-electron chi connectivity index (χ1n) is 4.77. The number of hydrogen-bond donors (Lipinski definition) is 2. The van der Waals surface area contributed by atoms with E-state index in [0.717, 1.165) is 0 Å². The molecule has 0 fully saturated rings. The Morgan fingerprint density at radius 3 is 2.81 bits per heavy atom. The quantitative estimate of drug-likeness (QED) is 0.816. The molecule has 1 aromatic rings. The van der Waals surface area contributed by atoms with Crippen LogP contribution in [0.1, 0.15) is 11.6 Å². The van der Waals surface area contributed by atoms with Crippen LogP contribution in [0.4, 0.5) is 8.78 Å². The summed E-state index contributed by atoms with van der Waals surface area (Å²) in [7, 11) is 0. The Labute approximate surface area is 91.1 Å². The van der Waals surface area contributed by atoms with E-state index in [9.17, 15) is 8.78 Å². The van der Waals surface area contributed by atoms with Gasteiger partial charge in [0, 0.05) is 5.56 Å². The minimum absolute atomic E-state index is 0.153. The molecular formula is C10H11F2N3O. The largest absolute Gasteiger partial charge is 0.434 e. The number of ether oxygens (including phenoxy) is 1. The number of alkyl halides is 2. The number of rotatable bonds is 3. The normalized spacial score (nSPS) is 19.4. The molecule has 1 aromatic carbocycles. The van der Waals surface area contributed by atoms with E-state index in [1.807, 2.05) is 0 Å². The molecule has 1 unspecified atom stereocenters. The Morgan fingerprint density at radius 2 is 2.19 bits per heavy atom. The molecule has 0 spiro atoms. The van der Waals surface area contributed by atoms with Gasteiger partial charge in [-0.1, -0.05) is 18.2 Å². The lowest BCUT2D eigenvalue weighted by atomic mass is 10.1. The molecule has 0 amide bonds. The molecule has 4 nitrogen and oxygen atoms in total. The summed E-state index contributed by atoms with van der Waals surface area (Å²) in [4.78, 5) is 3.95. The molecule has 0 bridgehead atoms. The van der Waals surface area contributed by atoms with Crippen molar-refractivity contribution in [2.45, 2.75) is 12.7 Å². The van der Waals surface area contributed by atoms with Crippen molar-refractivity contribution in [1.29, 1.82) is 0 Å². The van der Waals surface area contributed by atoms with Gasteiger partial charge in [-0.05, 0) is 6.07 Å². The van der Waals surface area contributed by atoms with Crippen molar-refractivity contribution < 1.29 is 13.5 Å². The average Bonchev–Trinajstić information content (AvgIpc) is 2.65. The molecule has 1 aliphatic heterocycles. The van der Waals surface area contributed by atoms with Crippen LogP contribution in [-0.4, -0.2) is 19.1 Å². The van der Waals surface area contributed by atoms with Gasteiger partial charge >= 0.3 is 6.61 Å². The van der Waals surface area contributed by atoms with Gasteiger partial charge in [0.05, 0.1) is 12.6 Å². The fourth-order valence-electron chi connectivity index (χ4n) is 1.61. The molecule has 2 rings (SSSR count). The predicted molar refractivity (Wildman–Crippen MR) is 55.4 cm³/mol. The van der Waals surface area contributed by atoms with Crippen molar-refractivity contribution in [3.8, 4) is 5.75 Å². The maximum atomic E-state index is 12.2. The van der Waals surface area contributed by atoms with Crippen LogP contribution in [0.2, 0.25) is 0 Å². The summed E-state index contributed by atoms with van der Waals surface area (Å²) in [6.45, 7) is -2.41. The molecule has 6 heteroatoms. The summed E-state index contributed by atoms with van der Waals surface area (Å²) < 4.78 is 28.8. The van der Waals surface area contributed by atoms with E-state index >= 15 is 0 Å². The Morgan fingerprint density at radius 1 is 1.44 bits per heavy atom. The van der Waals surface area contributed by atoms with Crippen LogP contribution in [0.15, 0.2) is 29.3 Å². The summed E-state index contributed by atoms with van der Waals surface area (Å²) in [6.07, 6.45) is 0. The third kappa shape index (κ3) is 2.21. The van der Waals surface area contributed by atoms with Crippen LogP contribution in [0.3, 0.4) is 0 Å². The van der Waals surface area contributed by atoms with E-state index in [1.165, 1.54) is 6.07 Å². The first-order chi connectivity index (χ1) is 7.66. The molecule has 1 heterocycles. The molecule has 0 aromatic heterocycles. The van der Waals surface area contributed by atoms with Crippen LogP contribution < -0.4 is 15.8 Å². The zero-order valence-electron chi connectivity index (χ0n) is 8.36. The SMILES string of the molecule is NC1=NCC(c2ccccc2OC(F)F)N1. The minimum atomic E-state index is -2.83. The molecule has 1 atom stereocenters. The van der Waals surface area contributed by atoms with Gasteiger partial charge in [0.1, 0.15) is 5.75 Å². The van der Waals surface area contributed by atoms with Gasteiger partial charge in [-0.3, -0.25) is 4.99 Å². The van der Waals surface area contributed by atoms with Gasteiger partial charge in [0.25, 0.3) is 0 Å². The number of nitrogens with zero attached hydrogens (tertiary/aromatic N) is 1. The Balaban J connectivity index is 2.20. The Hall–Kier alpha value is -1.85. The van der Waals surface area contributed by atoms with Crippen molar-refractivity contribution in [3.63, 3.8) is 0 Å². The lowest BCUT2D eigenvalue weighted by molar-refractivity contribution is -0.0506. The van der Waals surface area contributed by atoms with Crippen LogP contribution in [0.25, 0.3) is 0 Å². The van der Waals surface area contributed by atoms with Gasteiger partial charge in [-0.25, -0.2) is 0 Å². The zero-order valence-corrected chi connectivity index (χ0v) is 8.36. The van der Waals surface area contributed by atoms with Crippen LogP contribution in [0, 0.1) is 0 Å². The summed E-state index contributed by atoms with van der Waals surface area (Å²) in [5.74, 6) is 0.469. The average molecular weight is 227 g/mol. The first kappa shape index (κ1) is 10.7. The third-order valence-corrected chi connectivity index (χ3v) is 2.28. The lowest BCUT2D eigenvalue weighted by Crippen LogP contribution is -2.29. The maximum Gasteiger partial charge on any atom is 0.387 e. The Bertz CT molecular complexity index is 409. The number of aliphatic imine (C=N–C) groups is 1. The van der Waals surface area contributed by atoms with E-state index < -0.39 is 6.61 Å². The molecule has 86 valence electrons. The molecular weight excluding hydrogens is 216 g/mol. The van der Waals surface area contributed by atoms with Crippen molar-refractivity contribution in [2.24, 2.45) is 10.7 Å². The van der Waals surface area contributed by atoms with Gasteiger partial charge < -0.3 is 15.8 Å². The second-order valence-electron chi connectivity index (χ2n) is 3.34. The highest BCUT2D eigenvalue weighted by atomic mass is 19.3. The second-order valence-corrected chi connectivity index (χ2v) is 3.34.